The largest absolute Gasteiger partial charge is 0.326 e. The minimum atomic E-state index is -1.23. The predicted molar refractivity (Wildman–Crippen MR) is 118 cm³/mol. The molecule has 162 valence electrons. The van der Waals surface area contributed by atoms with E-state index in [0.717, 1.165) is 10.5 Å². The van der Waals surface area contributed by atoms with Crippen molar-refractivity contribution in [2.75, 3.05) is 17.2 Å². The van der Waals surface area contributed by atoms with E-state index in [4.69, 9.17) is 0 Å². The van der Waals surface area contributed by atoms with Crippen molar-refractivity contribution < 1.29 is 19.2 Å². The fraction of sp³-hybridized carbons (Fsp3) is 0.304. The third-order valence-electron chi connectivity index (χ3n) is 5.22. The van der Waals surface area contributed by atoms with Gasteiger partial charge in [0.05, 0.1) is 0 Å². The van der Waals surface area contributed by atoms with Gasteiger partial charge in [0.25, 0.3) is 5.91 Å². The molecular formula is C23H26N4O4. The molecular weight excluding hydrogens is 396 g/mol. The maximum Gasteiger partial charge on any atom is 0.325 e. The number of benzene rings is 2. The maximum atomic E-state index is 13.0. The lowest BCUT2D eigenvalue weighted by atomic mass is 9.90. The summed E-state index contributed by atoms with van der Waals surface area (Å²) in [6.07, 6.45) is 0. The van der Waals surface area contributed by atoms with Crippen LogP contribution in [0.2, 0.25) is 0 Å². The first-order valence-corrected chi connectivity index (χ1v) is 10.0. The van der Waals surface area contributed by atoms with Crippen molar-refractivity contribution in [1.29, 1.82) is 0 Å². The number of urea groups is 1. The van der Waals surface area contributed by atoms with Crippen LogP contribution in [0.1, 0.15) is 44.7 Å². The van der Waals surface area contributed by atoms with Crippen LogP contribution in [-0.4, -0.2) is 35.2 Å². The van der Waals surface area contributed by atoms with Crippen LogP contribution in [0, 0.1) is 0 Å². The van der Waals surface area contributed by atoms with Crippen molar-refractivity contribution in [3.05, 3.63) is 59.7 Å². The van der Waals surface area contributed by atoms with Gasteiger partial charge in [-0.15, -0.1) is 0 Å². The van der Waals surface area contributed by atoms with Crippen LogP contribution in [0.15, 0.2) is 48.5 Å². The zero-order chi connectivity index (χ0) is 22.8. The summed E-state index contributed by atoms with van der Waals surface area (Å²) in [5.41, 5.74) is 1.64. The number of amides is 5. The van der Waals surface area contributed by atoms with Crippen molar-refractivity contribution in [2.45, 2.75) is 39.2 Å². The molecule has 1 fully saturated rings. The van der Waals surface area contributed by atoms with Gasteiger partial charge < -0.3 is 16.0 Å². The maximum absolute atomic E-state index is 13.0. The number of anilines is 2. The molecule has 2 aromatic carbocycles. The van der Waals surface area contributed by atoms with Gasteiger partial charge in [-0.05, 0) is 48.2 Å². The van der Waals surface area contributed by atoms with E-state index in [-0.39, 0.29) is 5.91 Å². The molecule has 2 aromatic rings. The first-order valence-electron chi connectivity index (χ1n) is 10.0. The van der Waals surface area contributed by atoms with Gasteiger partial charge in [-0.25, -0.2) is 4.79 Å². The van der Waals surface area contributed by atoms with Gasteiger partial charge in [-0.1, -0.05) is 38.1 Å². The third-order valence-corrected chi connectivity index (χ3v) is 5.22. The van der Waals surface area contributed by atoms with Gasteiger partial charge in [0.2, 0.25) is 11.8 Å². The second-order valence-corrected chi connectivity index (χ2v) is 8.03. The van der Waals surface area contributed by atoms with Crippen molar-refractivity contribution in [3.8, 4) is 0 Å². The number of nitrogens with zero attached hydrogens (tertiary/aromatic N) is 1. The van der Waals surface area contributed by atoms with Crippen LogP contribution in [0.25, 0.3) is 0 Å². The Hall–Kier alpha value is -3.68. The van der Waals surface area contributed by atoms with Gasteiger partial charge in [0.15, 0.2) is 0 Å². The first-order chi connectivity index (χ1) is 14.6. The molecule has 1 atom stereocenters. The van der Waals surface area contributed by atoms with E-state index in [1.165, 1.54) is 6.92 Å². The first kappa shape index (κ1) is 22.0. The summed E-state index contributed by atoms with van der Waals surface area (Å²) in [4.78, 5) is 49.9. The number of hydrogen-bond donors (Lipinski definition) is 3. The zero-order valence-electron chi connectivity index (χ0n) is 18.0. The zero-order valence-corrected chi connectivity index (χ0v) is 18.0. The standard InChI is InChI=1S/C23H26N4O4/c1-14(2)16-5-7-17(8-6-16)23(4)21(30)27(22(31)26-23)13-20(29)25-19-11-9-18(10-12-19)24-15(3)28/h5-12,14H,13H2,1-4H3,(H,24,28)(H,25,29)(H,26,31). The van der Waals surface area contributed by atoms with Crippen LogP contribution < -0.4 is 16.0 Å². The van der Waals surface area contributed by atoms with Gasteiger partial charge in [-0.2, -0.15) is 0 Å². The summed E-state index contributed by atoms with van der Waals surface area (Å²) in [5.74, 6) is -0.832. The topological polar surface area (TPSA) is 108 Å². The Bertz CT molecular complexity index is 1010. The number of imide groups is 1. The molecule has 5 amide bonds. The van der Waals surface area contributed by atoms with Crippen LogP contribution in [-0.2, 0) is 19.9 Å². The fourth-order valence-corrected chi connectivity index (χ4v) is 3.42. The Morgan fingerprint density at radius 1 is 0.968 bits per heavy atom. The second-order valence-electron chi connectivity index (χ2n) is 8.03. The van der Waals surface area contributed by atoms with Gasteiger partial charge in [0.1, 0.15) is 12.1 Å². The molecule has 0 radical (unpaired) electrons. The Kier molecular flexibility index (Phi) is 6.10. The van der Waals surface area contributed by atoms with E-state index in [0.29, 0.717) is 22.9 Å². The van der Waals surface area contributed by atoms with E-state index in [1.807, 2.05) is 24.3 Å². The van der Waals surface area contributed by atoms with E-state index in [9.17, 15) is 19.2 Å². The molecule has 8 nitrogen and oxygen atoms in total. The molecule has 1 aliphatic rings. The molecule has 3 rings (SSSR count). The number of carbonyl (C=O) groups is 4. The summed E-state index contributed by atoms with van der Waals surface area (Å²) >= 11 is 0. The Balaban J connectivity index is 1.67. The highest BCUT2D eigenvalue weighted by Crippen LogP contribution is 2.30. The van der Waals surface area contributed by atoms with Crippen LogP contribution >= 0.6 is 0 Å². The molecule has 0 spiro atoms. The highest BCUT2D eigenvalue weighted by Gasteiger charge is 2.49. The third kappa shape index (κ3) is 4.74. The number of carbonyl (C=O) groups excluding carboxylic acids is 4. The lowest BCUT2D eigenvalue weighted by molar-refractivity contribution is -0.133. The summed E-state index contributed by atoms with van der Waals surface area (Å²) in [5, 5.41) is 7.99. The normalized spacial score (nSPS) is 18.2. The molecule has 1 heterocycles. The molecule has 0 bridgehead atoms. The highest BCUT2D eigenvalue weighted by atomic mass is 16.2. The Labute approximate surface area is 181 Å². The van der Waals surface area contributed by atoms with Crippen LogP contribution in [0.4, 0.5) is 16.2 Å². The molecule has 1 aliphatic heterocycles. The monoisotopic (exact) mass is 422 g/mol. The summed E-state index contributed by atoms with van der Waals surface area (Å²) in [7, 11) is 0. The van der Waals surface area contributed by atoms with E-state index < -0.39 is 29.9 Å². The molecule has 0 aromatic heterocycles. The smallest absolute Gasteiger partial charge is 0.325 e. The molecule has 3 N–H and O–H groups in total. The quantitative estimate of drug-likeness (QED) is 0.622. The summed E-state index contributed by atoms with van der Waals surface area (Å²) < 4.78 is 0. The van der Waals surface area contributed by atoms with Crippen molar-refractivity contribution in [1.82, 2.24) is 10.2 Å². The molecule has 0 aliphatic carbocycles. The van der Waals surface area contributed by atoms with Gasteiger partial charge in [0, 0.05) is 18.3 Å². The average molecular weight is 422 g/mol. The lowest BCUT2D eigenvalue weighted by Crippen LogP contribution is -2.42. The summed E-state index contributed by atoms with van der Waals surface area (Å²) in [6, 6.07) is 13.4. The molecule has 1 saturated heterocycles. The van der Waals surface area contributed by atoms with Crippen molar-refractivity contribution >= 4 is 35.1 Å². The van der Waals surface area contributed by atoms with Gasteiger partial charge in [-0.3, -0.25) is 19.3 Å². The lowest BCUT2D eigenvalue weighted by Gasteiger charge is -2.22. The van der Waals surface area contributed by atoms with Crippen molar-refractivity contribution in [2.24, 2.45) is 0 Å². The molecule has 31 heavy (non-hydrogen) atoms. The minimum Gasteiger partial charge on any atom is -0.326 e. The van der Waals surface area contributed by atoms with E-state index >= 15 is 0 Å². The highest BCUT2D eigenvalue weighted by molar-refractivity contribution is 6.10. The van der Waals surface area contributed by atoms with Crippen LogP contribution in [0.5, 0.6) is 0 Å². The average Bonchev–Trinajstić information content (AvgIpc) is 2.93. The number of nitrogens with one attached hydrogen (secondary N) is 3. The van der Waals surface area contributed by atoms with E-state index in [2.05, 4.69) is 29.8 Å². The second kappa shape index (κ2) is 8.59. The molecule has 0 saturated carbocycles. The minimum absolute atomic E-state index is 0.197. The molecule has 8 heteroatoms. The predicted octanol–water partition coefficient (Wildman–Crippen LogP) is 3.17. The number of hydrogen-bond acceptors (Lipinski definition) is 4. The van der Waals surface area contributed by atoms with Crippen molar-refractivity contribution in [3.63, 3.8) is 0 Å². The Morgan fingerprint density at radius 2 is 1.52 bits per heavy atom. The SMILES string of the molecule is CC(=O)Nc1ccc(NC(=O)CN2C(=O)NC(C)(c3ccc(C(C)C)cc3)C2=O)cc1. The van der Waals surface area contributed by atoms with Gasteiger partial charge >= 0.3 is 6.03 Å². The Morgan fingerprint density at radius 3 is 2.03 bits per heavy atom. The van der Waals surface area contributed by atoms with Crippen LogP contribution in [0.3, 0.4) is 0 Å². The fourth-order valence-electron chi connectivity index (χ4n) is 3.42. The summed E-state index contributed by atoms with van der Waals surface area (Å²) in [6.45, 7) is 6.79. The molecule has 1 unspecified atom stereocenters. The van der Waals surface area contributed by atoms with E-state index in [1.54, 1.807) is 31.2 Å². The number of rotatable bonds is 6.